The van der Waals surface area contributed by atoms with Gasteiger partial charge in [-0.1, -0.05) is 97.1 Å². The first-order valence-corrected chi connectivity index (χ1v) is 17.7. The smallest absolute Gasteiger partial charge is 0.0211 e. The third kappa shape index (κ3) is 5.06. The van der Waals surface area contributed by atoms with Crippen LogP contribution >= 0.6 is 17.0 Å². The minimum Gasteiger partial charge on any atom is -0.0619 e. The van der Waals surface area contributed by atoms with Gasteiger partial charge in [-0.25, -0.2) is 12.2 Å². The van der Waals surface area contributed by atoms with E-state index in [2.05, 4.69) is 109 Å². The van der Waals surface area contributed by atoms with Gasteiger partial charge in [0.15, 0.2) is 0 Å². The molecule has 0 heterocycles. The van der Waals surface area contributed by atoms with Crippen LogP contribution in [-0.2, 0) is 20.8 Å². The van der Waals surface area contributed by atoms with Crippen molar-refractivity contribution in [2.75, 3.05) is 0 Å². The van der Waals surface area contributed by atoms with E-state index in [0.717, 1.165) is 6.42 Å². The van der Waals surface area contributed by atoms with Gasteiger partial charge in [-0.2, -0.15) is 6.08 Å². The van der Waals surface area contributed by atoms with Crippen LogP contribution in [0.2, 0.25) is 0 Å². The van der Waals surface area contributed by atoms with E-state index in [0.29, 0.717) is 11.8 Å². The summed E-state index contributed by atoms with van der Waals surface area (Å²) in [6.07, 6.45) is 10.0. The van der Waals surface area contributed by atoms with Crippen molar-refractivity contribution >= 4 is 17.0 Å². The van der Waals surface area contributed by atoms with Crippen LogP contribution in [0.1, 0.15) is 40.5 Å². The maximum atomic E-state index is 4.93. The SMILES string of the molecule is [C-]1=CC=CC1.[CH3-].[Cl][Zr+2][Cl].c1ccc2c(c1)-c1ccccc1C2C1c2ccccc2-c2ccccc21. The van der Waals surface area contributed by atoms with Crippen LogP contribution in [0.5, 0.6) is 0 Å². The quantitative estimate of drug-likeness (QED) is 0.199. The van der Waals surface area contributed by atoms with Gasteiger partial charge in [0.25, 0.3) is 0 Å². The van der Waals surface area contributed by atoms with Crippen LogP contribution in [0.3, 0.4) is 0 Å². The Morgan fingerprint density at radius 1 is 0.571 bits per heavy atom. The maximum Gasteiger partial charge on any atom is 0.0211 e. The van der Waals surface area contributed by atoms with E-state index in [4.69, 9.17) is 17.0 Å². The average molecular weight is 573 g/mol. The molecule has 0 saturated heterocycles. The molecule has 0 nitrogen and oxygen atoms in total. The molecule has 172 valence electrons. The van der Waals surface area contributed by atoms with Crippen LogP contribution in [0.15, 0.2) is 115 Å². The number of benzene rings is 4. The van der Waals surface area contributed by atoms with Crippen LogP contribution in [0.4, 0.5) is 0 Å². The minimum atomic E-state index is -0.826. The fourth-order valence-corrected chi connectivity index (χ4v) is 5.45. The Balaban J connectivity index is 0.000000279. The first-order chi connectivity index (χ1) is 16.8. The Kier molecular flexibility index (Phi) is 9.01. The average Bonchev–Trinajstić information content (AvgIpc) is 3.63. The van der Waals surface area contributed by atoms with Crippen LogP contribution in [0, 0.1) is 13.5 Å². The second-order valence-corrected chi connectivity index (χ2v) is 12.1. The minimum absolute atomic E-state index is 0. The third-order valence-corrected chi connectivity index (χ3v) is 6.68. The van der Waals surface area contributed by atoms with Crippen molar-refractivity contribution in [1.29, 1.82) is 0 Å². The normalized spacial score (nSPS) is 13.7. The zero-order valence-corrected chi connectivity index (χ0v) is 23.6. The molecule has 0 amide bonds. The summed E-state index contributed by atoms with van der Waals surface area (Å²) < 4.78 is 0. The summed E-state index contributed by atoms with van der Waals surface area (Å²) >= 11 is -0.826. The molecule has 0 atom stereocenters. The van der Waals surface area contributed by atoms with Crippen molar-refractivity contribution in [2.45, 2.75) is 18.3 Å². The second kappa shape index (κ2) is 12.2. The van der Waals surface area contributed by atoms with E-state index in [9.17, 15) is 0 Å². The van der Waals surface area contributed by atoms with Crippen molar-refractivity contribution in [3.63, 3.8) is 0 Å². The summed E-state index contributed by atoms with van der Waals surface area (Å²) in [6, 6.07) is 35.8. The predicted octanol–water partition coefficient (Wildman–Crippen LogP) is 9.74. The number of hydrogen-bond donors (Lipinski definition) is 0. The maximum absolute atomic E-state index is 4.93. The van der Waals surface area contributed by atoms with Gasteiger partial charge in [0.1, 0.15) is 0 Å². The number of halogens is 2. The van der Waals surface area contributed by atoms with Crippen LogP contribution < -0.4 is 0 Å². The molecule has 3 aliphatic rings. The first kappa shape index (κ1) is 25.9. The molecule has 0 saturated carbocycles. The summed E-state index contributed by atoms with van der Waals surface area (Å²) in [7, 11) is 9.87. The Bertz CT molecular complexity index is 1160. The van der Waals surface area contributed by atoms with E-state index in [1.165, 1.54) is 44.5 Å². The molecule has 7 rings (SSSR count). The molecular weight excluding hydrogens is 546 g/mol. The molecule has 0 fully saturated rings. The molecule has 0 aromatic heterocycles. The Morgan fingerprint density at radius 2 is 0.886 bits per heavy atom. The van der Waals surface area contributed by atoms with Gasteiger partial charge >= 0.3 is 37.9 Å². The molecule has 0 aliphatic heterocycles. The zero-order chi connectivity index (χ0) is 23.3. The summed E-state index contributed by atoms with van der Waals surface area (Å²) in [5.74, 6) is 0.763. The van der Waals surface area contributed by atoms with Gasteiger partial charge in [-0.15, -0.1) is 6.42 Å². The monoisotopic (exact) mass is 570 g/mol. The van der Waals surface area contributed by atoms with Gasteiger partial charge in [0.2, 0.25) is 0 Å². The summed E-state index contributed by atoms with van der Waals surface area (Å²) in [5.41, 5.74) is 11.4. The molecule has 35 heavy (non-hydrogen) atoms. The summed E-state index contributed by atoms with van der Waals surface area (Å²) in [5, 5.41) is 0. The molecule has 0 radical (unpaired) electrons. The molecule has 0 unspecified atom stereocenters. The number of hydrogen-bond acceptors (Lipinski definition) is 0. The van der Waals surface area contributed by atoms with E-state index < -0.39 is 20.8 Å². The number of allylic oxidation sites excluding steroid dienone is 4. The van der Waals surface area contributed by atoms with E-state index >= 15 is 0 Å². The fraction of sp³-hybridized carbons (Fsp3) is 0.0938. The zero-order valence-electron chi connectivity index (χ0n) is 19.6. The number of rotatable bonds is 1. The Morgan fingerprint density at radius 3 is 1.11 bits per heavy atom. The van der Waals surface area contributed by atoms with Gasteiger partial charge in [-0.05, 0) is 44.5 Å². The molecule has 4 aromatic carbocycles. The predicted molar refractivity (Wildman–Crippen MR) is 147 cm³/mol. The largest absolute Gasteiger partial charge is 0.0619 e. The fourth-order valence-electron chi connectivity index (χ4n) is 5.45. The van der Waals surface area contributed by atoms with Crippen molar-refractivity contribution < 1.29 is 20.8 Å². The van der Waals surface area contributed by atoms with E-state index in [1.807, 2.05) is 12.2 Å². The molecule has 0 bridgehead atoms. The Hall–Kier alpha value is -2.18. The standard InChI is InChI=1S/C26H18.C5H5.CH3.2ClH.Zr/c1-5-13-21-17(9-1)18-10-2-6-14-22(18)25(21)26-23-15-7-3-11-19(23)20-12-4-8-16-24(20)26;1-2-4-5-3-1;;;;/h1-16,25-26H;1-3H,4H2;1H3;2*1H;/q;2*-1;;;+4/p-2. The van der Waals surface area contributed by atoms with Crippen LogP contribution in [-0.4, -0.2) is 0 Å². The van der Waals surface area contributed by atoms with Crippen LogP contribution in [0.25, 0.3) is 22.3 Å². The second-order valence-electron chi connectivity index (χ2n) is 8.38. The van der Waals surface area contributed by atoms with Crippen molar-refractivity contribution in [3.8, 4) is 22.3 Å². The van der Waals surface area contributed by atoms with Gasteiger partial charge in [-0.3, -0.25) is 6.08 Å². The molecule has 3 aliphatic carbocycles. The van der Waals surface area contributed by atoms with E-state index in [1.54, 1.807) is 0 Å². The van der Waals surface area contributed by atoms with E-state index in [-0.39, 0.29) is 7.43 Å². The molecule has 0 N–H and O–H groups in total. The van der Waals surface area contributed by atoms with Crippen molar-refractivity contribution in [1.82, 2.24) is 0 Å². The van der Waals surface area contributed by atoms with Gasteiger partial charge in [0, 0.05) is 11.8 Å². The number of fused-ring (bicyclic) bond motifs is 6. The molecule has 3 heteroatoms. The summed E-state index contributed by atoms with van der Waals surface area (Å²) in [4.78, 5) is 0. The van der Waals surface area contributed by atoms with Gasteiger partial charge in [0.05, 0.1) is 0 Å². The molecule has 0 spiro atoms. The molecule has 4 aromatic rings. The molecular formula is C32H26Cl2Zr. The summed E-state index contributed by atoms with van der Waals surface area (Å²) in [6.45, 7) is 0. The Labute approximate surface area is 228 Å². The first-order valence-electron chi connectivity index (χ1n) is 11.4. The van der Waals surface area contributed by atoms with Crippen molar-refractivity contribution in [2.24, 2.45) is 0 Å². The topological polar surface area (TPSA) is 0 Å². The van der Waals surface area contributed by atoms with Gasteiger partial charge < -0.3 is 7.43 Å². The van der Waals surface area contributed by atoms with Crippen molar-refractivity contribution in [3.05, 3.63) is 151 Å². The third-order valence-electron chi connectivity index (χ3n) is 6.68.